The van der Waals surface area contributed by atoms with Gasteiger partial charge in [0.2, 0.25) is 0 Å². The van der Waals surface area contributed by atoms with Gasteiger partial charge in [0, 0.05) is 13.1 Å². The fourth-order valence-corrected chi connectivity index (χ4v) is 3.04. The summed E-state index contributed by atoms with van der Waals surface area (Å²) in [6.07, 6.45) is -0.262. The Bertz CT molecular complexity index is 212. The number of hydrogen-bond acceptors (Lipinski definition) is 4. The maximum Gasteiger partial charge on any atom is 0.0950 e. The quantitative estimate of drug-likeness (QED) is 0.561. The van der Waals surface area contributed by atoms with Crippen molar-refractivity contribution in [3.05, 3.63) is 0 Å². The van der Waals surface area contributed by atoms with E-state index in [1.807, 2.05) is 0 Å². The van der Waals surface area contributed by atoms with E-state index in [9.17, 15) is 5.11 Å². The first kappa shape index (κ1) is 9.09. The van der Waals surface area contributed by atoms with E-state index in [0.29, 0.717) is 13.2 Å². The van der Waals surface area contributed by atoms with Crippen molar-refractivity contribution in [2.24, 2.45) is 11.8 Å². The molecule has 3 heterocycles. The minimum Gasteiger partial charge on any atom is -0.389 e. The van der Waals surface area contributed by atoms with Crippen LogP contribution in [0, 0.1) is 11.8 Å². The summed E-state index contributed by atoms with van der Waals surface area (Å²) < 4.78 is 5.30. The third-order valence-corrected chi connectivity index (χ3v) is 3.91. The van der Waals surface area contributed by atoms with Gasteiger partial charge in [0.1, 0.15) is 0 Å². The number of aliphatic hydroxyl groups is 1. The Morgan fingerprint density at radius 1 is 1.14 bits per heavy atom. The van der Waals surface area contributed by atoms with Crippen molar-refractivity contribution in [2.75, 3.05) is 39.4 Å². The molecule has 0 amide bonds. The van der Waals surface area contributed by atoms with Crippen LogP contribution in [0.25, 0.3) is 0 Å². The van der Waals surface area contributed by atoms with Crippen LogP contribution in [-0.4, -0.2) is 61.5 Å². The second kappa shape index (κ2) is 3.45. The van der Waals surface area contributed by atoms with Crippen molar-refractivity contribution in [2.45, 2.75) is 12.1 Å². The van der Waals surface area contributed by atoms with Crippen molar-refractivity contribution in [1.29, 1.82) is 0 Å². The second-order valence-corrected chi connectivity index (χ2v) is 4.80. The van der Waals surface area contributed by atoms with E-state index in [0.717, 1.165) is 38.0 Å². The molecular weight excluding hydrogens is 180 g/mol. The highest BCUT2D eigenvalue weighted by atomic mass is 16.5. The van der Waals surface area contributed by atoms with Gasteiger partial charge in [-0.15, -0.1) is 0 Å². The largest absolute Gasteiger partial charge is 0.389 e. The molecule has 3 rings (SSSR count). The van der Waals surface area contributed by atoms with Gasteiger partial charge in [-0.25, -0.2) is 0 Å². The Morgan fingerprint density at radius 3 is 2.43 bits per heavy atom. The van der Waals surface area contributed by atoms with Crippen molar-refractivity contribution in [3.63, 3.8) is 0 Å². The standard InChI is InChI=1S/C10H18N2O2/c13-10-6-14-5-9(10)12-3-7-1-11-2-8(7)4-12/h7-11,13H,1-6H2. The number of aliphatic hydroxyl groups excluding tert-OH is 1. The molecule has 0 aromatic carbocycles. The minimum atomic E-state index is -0.262. The molecule has 0 saturated carbocycles. The molecule has 4 atom stereocenters. The summed E-state index contributed by atoms with van der Waals surface area (Å²) in [7, 11) is 0. The molecule has 80 valence electrons. The average Bonchev–Trinajstić information content (AvgIpc) is 2.75. The minimum absolute atomic E-state index is 0.262. The molecule has 3 saturated heterocycles. The lowest BCUT2D eigenvalue weighted by molar-refractivity contribution is 0.0911. The van der Waals surface area contributed by atoms with Gasteiger partial charge in [-0.05, 0) is 24.9 Å². The van der Waals surface area contributed by atoms with E-state index in [1.54, 1.807) is 0 Å². The molecule has 3 aliphatic rings. The van der Waals surface area contributed by atoms with Crippen molar-refractivity contribution >= 4 is 0 Å². The highest BCUT2D eigenvalue weighted by molar-refractivity contribution is 4.96. The summed E-state index contributed by atoms with van der Waals surface area (Å²) in [5, 5.41) is 13.2. The number of ether oxygens (including phenoxy) is 1. The first-order valence-corrected chi connectivity index (χ1v) is 5.55. The molecule has 0 aliphatic carbocycles. The lowest BCUT2D eigenvalue weighted by Crippen LogP contribution is -2.42. The van der Waals surface area contributed by atoms with Crippen molar-refractivity contribution in [3.8, 4) is 0 Å². The third-order valence-electron chi connectivity index (χ3n) is 3.91. The summed E-state index contributed by atoms with van der Waals surface area (Å²) in [6.45, 7) is 5.84. The summed E-state index contributed by atoms with van der Waals surface area (Å²) in [4.78, 5) is 2.42. The maximum absolute atomic E-state index is 9.73. The normalized spacial score (nSPS) is 48.6. The van der Waals surface area contributed by atoms with Crippen LogP contribution in [0.4, 0.5) is 0 Å². The van der Waals surface area contributed by atoms with Gasteiger partial charge in [0.25, 0.3) is 0 Å². The van der Waals surface area contributed by atoms with Crippen LogP contribution in [0.3, 0.4) is 0 Å². The van der Waals surface area contributed by atoms with Crippen LogP contribution in [0.15, 0.2) is 0 Å². The first-order chi connectivity index (χ1) is 6.84. The zero-order valence-corrected chi connectivity index (χ0v) is 8.35. The number of nitrogens with one attached hydrogen (secondary N) is 1. The van der Waals surface area contributed by atoms with Crippen molar-refractivity contribution in [1.82, 2.24) is 10.2 Å². The van der Waals surface area contributed by atoms with E-state index in [1.165, 1.54) is 0 Å². The third kappa shape index (κ3) is 1.37. The molecule has 4 heteroatoms. The number of rotatable bonds is 1. The highest BCUT2D eigenvalue weighted by Gasteiger charge is 2.42. The molecule has 0 bridgehead atoms. The summed E-state index contributed by atoms with van der Waals surface area (Å²) >= 11 is 0. The topological polar surface area (TPSA) is 44.7 Å². The van der Waals surface area contributed by atoms with Crippen LogP contribution >= 0.6 is 0 Å². The molecule has 0 spiro atoms. The Morgan fingerprint density at radius 2 is 1.86 bits per heavy atom. The van der Waals surface area contributed by atoms with Crippen LogP contribution < -0.4 is 5.32 Å². The predicted molar refractivity (Wildman–Crippen MR) is 52.0 cm³/mol. The van der Waals surface area contributed by atoms with E-state index in [4.69, 9.17) is 4.74 Å². The van der Waals surface area contributed by atoms with E-state index in [2.05, 4.69) is 10.2 Å². The average molecular weight is 198 g/mol. The zero-order chi connectivity index (χ0) is 9.54. The Kier molecular flexibility index (Phi) is 2.24. The monoisotopic (exact) mass is 198 g/mol. The summed E-state index contributed by atoms with van der Waals surface area (Å²) in [6, 6.07) is 0.264. The van der Waals surface area contributed by atoms with E-state index >= 15 is 0 Å². The van der Waals surface area contributed by atoms with Gasteiger partial charge >= 0.3 is 0 Å². The molecule has 0 aromatic heterocycles. The Balaban J connectivity index is 1.65. The van der Waals surface area contributed by atoms with Gasteiger partial charge in [-0.3, -0.25) is 4.90 Å². The van der Waals surface area contributed by atoms with Crippen LogP contribution in [0.2, 0.25) is 0 Å². The molecule has 0 aromatic rings. The van der Waals surface area contributed by atoms with Crippen LogP contribution in [-0.2, 0) is 4.74 Å². The highest BCUT2D eigenvalue weighted by Crippen LogP contribution is 2.29. The van der Waals surface area contributed by atoms with Gasteiger partial charge in [0.15, 0.2) is 0 Å². The van der Waals surface area contributed by atoms with E-state index < -0.39 is 0 Å². The Labute approximate surface area is 84.2 Å². The number of likely N-dealkylation sites (tertiary alicyclic amines) is 1. The van der Waals surface area contributed by atoms with Gasteiger partial charge in [-0.1, -0.05) is 0 Å². The smallest absolute Gasteiger partial charge is 0.0950 e. The summed E-state index contributed by atoms with van der Waals surface area (Å²) in [5.41, 5.74) is 0. The van der Waals surface area contributed by atoms with Crippen LogP contribution in [0.1, 0.15) is 0 Å². The van der Waals surface area contributed by atoms with Gasteiger partial charge in [-0.2, -0.15) is 0 Å². The molecule has 4 unspecified atom stereocenters. The van der Waals surface area contributed by atoms with Gasteiger partial charge in [0.05, 0.1) is 25.4 Å². The summed E-state index contributed by atoms with van der Waals surface area (Å²) in [5.74, 6) is 1.62. The molecule has 4 nitrogen and oxygen atoms in total. The second-order valence-electron chi connectivity index (χ2n) is 4.80. The fraction of sp³-hybridized carbons (Fsp3) is 1.00. The number of hydrogen-bond donors (Lipinski definition) is 2. The lowest BCUT2D eigenvalue weighted by Gasteiger charge is -2.25. The van der Waals surface area contributed by atoms with E-state index in [-0.39, 0.29) is 12.1 Å². The lowest BCUT2D eigenvalue weighted by atomic mass is 10.0. The van der Waals surface area contributed by atoms with Crippen LogP contribution in [0.5, 0.6) is 0 Å². The molecule has 2 N–H and O–H groups in total. The Hall–Kier alpha value is -0.160. The fourth-order valence-electron chi connectivity index (χ4n) is 3.04. The van der Waals surface area contributed by atoms with Gasteiger partial charge < -0.3 is 15.2 Å². The predicted octanol–water partition coefficient (Wildman–Crippen LogP) is -1.10. The van der Waals surface area contributed by atoms with Crippen molar-refractivity contribution < 1.29 is 9.84 Å². The number of nitrogens with zero attached hydrogens (tertiary/aromatic N) is 1. The SMILES string of the molecule is OC1COCC1N1CC2CNCC2C1. The molecule has 0 radical (unpaired) electrons. The zero-order valence-electron chi connectivity index (χ0n) is 8.35. The molecule has 3 fully saturated rings. The molecule has 3 aliphatic heterocycles. The molecular formula is C10H18N2O2. The molecule has 14 heavy (non-hydrogen) atoms. The maximum atomic E-state index is 9.73. The first-order valence-electron chi connectivity index (χ1n) is 5.55. The number of fused-ring (bicyclic) bond motifs is 1.